The maximum atomic E-state index is 4.74. The second-order valence-corrected chi connectivity index (χ2v) is 17.6. The molecule has 1 heterocycles. The summed E-state index contributed by atoms with van der Waals surface area (Å²) >= 11 is 0. The number of fused-ring (bicyclic) bond motifs is 1. The molecule has 25 heavy (non-hydrogen) atoms. The Morgan fingerprint density at radius 2 is 1.48 bits per heavy atom. The van der Waals surface area contributed by atoms with Gasteiger partial charge in [0.1, 0.15) is 8.07 Å². The summed E-state index contributed by atoms with van der Waals surface area (Å²) in [6.45, 7) is 12.2. The van der Waals surface area contributed by atoms with Crippen molar-refractivity contribution in [3.05, 3.63) is 78.1 Å². The molecule has 0 fully saturated rings. The first-order chi connectivity index (χ1) is 11.8. The third-order valence-corrected chi connectivity index (χ3v) is 9.61. The smallest absolute Gasteiger partial charge is 0.114 e. The average molecular weight is 362 g/mol. The number of rotatable bonds is 4. The maximum Gasteiger partial charge on any atom is 0.114 e. The number of hydrogen-bond acceptors (Lipinski definition) is 1. The van der Waals surface area contributed by atoms with E-state index in [0.717, 1.165) is 0 Å². The Labute approximate surface area is 153 Å². The fourth-order valence-corrected chi connectivity index (χ4v) is 9.70. The van der Waals surface area contributed by atoms with Crippen molar-refractivity contribution in [2.75, 3.05) is 0 Å². The van der Waals surface area contributed by atoms with E-state index in [-0.39, 0.29) is 0 Å². The predicted molar refractivity (Wildman–Crippen MR) is 117 cm³/mol. The molecule has 0 unspecified atom stereocenters. The molecule has 0 aliphatic rings. The fraction of sp³-hybridized carbons (Fsp3) is 0.227. The van der Waals surface area contributed by atoms with Crippen LogP contribution in [0.15, 0.2) is 72.6 Å². The van der Waals surface area contributed by atoms with Crippen molar-refractivity contribution >= 4 is 37.4 Å². The molecule has 1 nitrogen and oxygen atoms in total. The Morgan fingerprint density at radius 1 is 0.800 bits per heavy atom. The van der Waals surface area contributed by atoms with E-state index in [1.54, 1.807) is 5.20 Å². The van der Waals surface area contributed by atoms with Crippen molar-refractivity contribution in [3.63, 3.8) is 0 Å². The van der Waals surface area contributed by atoms with Crippen molar-refractivity contribution in [1.82, 2.24) is 4.98 Å². The molecular formula is C22H27NSi2. The van der Waals surface area contributed by atoms with Crippen molar-refractivity contribution in [3.8, 4) is 0 Å². The summed E-state index contributed by atoms with van der Waals surface area (Å²) in [5.74, 6) is 0. The van der Waals surface area contributed by atoms with Gasteiger partial charge in [-0.3, -0.25) is 4.98 Å². The standard InChI is InChI=1S/C22H27NSi2/c1-24(2,3)17-21(18-11-7-6-8-12-18)25(4,5)20-15-9-13-19-14-10-16-23-22(19)20/h6-17H,1-5H3/b21-17+. The van der Waals surface area contributed by atoms with E-state index in [4.69, 9.17) is 4.98 Å². The van der Waals surface area contributed by atoms with Gasteiger partial charge in [-0.1, -0.05) is 98.2 Å². The van der Waals surface area contributed by atoms with Gasteiger partial charge in [0.2, 0.25) is 0 Å². The number of para-hydroxylation sites is 1. The summed E-state index contributed by atoms with van der Waals surface area (Å²) in [5.41, 5.74) is 5.14. The van der Waals surface area contributed by atoms with Gasteiger partial charge in [0.25, 0.3) is 0 Å². The third kappa shape index (κ3) is 3.83. The number of pyridine rings is 1. The van der Waals surface area contributed by atoms with E-state index >= 15 is 0 Å². The first kappa shape index (κ1) is 17.8. The molecule has 0 saturated heterocycles. The molecule has 1 aromatic heterocycles. The van der Waals surface area contributed by atoms with Crippen LogP contribution in [0.2, 0.25) is 32.7 Å². The molecule has 0 radical (unpaired) electrons. The van der Waals surface area contributed by atoms with Crippen LogP contribution in [-0.2, 0) is 0 Å². The molecular weight excluding hydrogens is 334 g/mol. The summed E-state index contributed by atoms with van der Waals surface area (Å²) in [5, 5.41) is 4.21. The van der Waals surface area contributed by atoms with Crippen LogP contribution in [-0.4, -0.2) is 21.1 Å². The van der Waals surface area contributed by atoms with Crippen LogP contribution in [0.4, 0.5) is 0 Å². The van der Waals surface area contributed by atoms with Crippen LogP contribution < -0.4 is 5.19 Å². The normalized spacial score (nSPS) is 13.2. The third-order valence-electron chi connectivity index (χ3n) is 4.64. The summed E-state index contributed by atoms with van der Waals surface area (Å²) in [4.78, 5) is 4.74. The predicted octanol–water partition coefficient (Wildman–Crippen LogP) is 5.65. The highest BCUT2D eigenvalue weighted by molar-refractivity contribution is 7.07. The first-order valence-corrected chi connectivity index (χ1v) is 15.5. The Balaban J connectivity index is 2.25. The zero-order chi connectivity index (χ0) is 18.1. The molecule has 0 bridgehead atoms. The van der Waals surface area contributed by atoms with Crippen LogP contribution in [0.1, 0.15) is 5.56 Å². The Hall–Kier alpha value is -1.98. The highest BCUT2D eigenvalue weighted by atomic mass is 28.3. The van der Waals surface area contributed by atoms with Crippen molar-refractivity contribution in [2.24, 2.45) is 0 Å². The topological polar surface area (TPSA) is 12.9 Å². The van der Waals surface area contributed by atoms with Gasteiger partial charge in [0.05, 0.1) is 13.6 Å². The van der Waals surface area contributed by atoms with Gasteiger partial charge < -0.3 is 0 Å². The lowest BCUT2D eigenvalue weighted by Gasteiger charge is -2.30. The molecule has 0 N–H and O–H groups in total. The average Bonchev–Trinajstić information content (AvgIpc) is 2.59. The molecule has 128 valence electrons. The molecule has 3 rings (SSSR count). The molecule has 3 aromatic rings. The number of hydrogen-bond donors (Lipinski definition) is 0. The number of aromatic nitrogens is 1. The van der Waals surface area contributed by atoms with E-state index in [2.05, 4.69) is 93.0 Å². The quantitative estimate of drug-likeness (QED) is 0.547. The van der Waals surface area contributed by atoms with E-state index in [9.17, 15) is 0 Å². The van der Waals surface area contributed by atoms with Gasteiger partial charge in [-0.2, -0.15) is 0 Å². The van der Waals surface area contributed by atoms with Crippen molar-refractivity contribution in [2.45, 2.75) is 32.7 Å². The highest BCUT2D eigenvalue weighted by Crippen LogP contribution is 2.29. The largest absolute Gasteiger partial charge is 0.256 e. The molecule has 0 atom stereocenters. The monoisotopic (exact) mass is 361 g/mol. The molecule has 0 aliphatic heterocycles. The minimum atomic E-state index is -1.89. The van der Waals surface area contributed by atoms with Gasteiger partial charge in [-0.05, 0) is 16.8 Å². The number of benzene rings is 2. The second-order valence-electron chi connectivity index (χ2n) is 8.30. The van der Waals surface area contributed by atoms with Gasteiger partial charge in [0.15, 0.2) is 0 Å². The van der Waals surface area contributed by atoms with Crippen LogP contribution in [0.3, 0.4) is 0 Å². The van der Waals surface area contributed by atoms with Gasteiger partial charge in [-0.15, -0.1) is 0 Å². The molecule has 0 aliphatic carbocycles. The Kier molecular flexibility index (Phi) is 4.80. The van der Waals surface area contributed by atoms with E-state index in [1.807, 2.05) is 12.3 Å². The molecule has 3 heteroatoms. The molecule has 0 saturated carbocycles. The summed E-state index contributed by atoms with van der Waals surface area (Å²) in [6, 6.07) is 21.8. The first-order valence-electron chi connectivity index (χ1n) is 8.92. The molecule has 0 spiro atoms. The lowest BCUT2D eigenvalue weighted by Crippen LogP contribution is -2.44. The zero-order valence-corrected chi connectivity index (χ0v) is 17.9. The lowest BCUT2D eigenvalue weighted by molar-refractivity contribution is 1.42. The van der Waals surface area contributed by atoms with Crippen LogP contribution in [0, 0.1) is 0 Å². The zero-order valence-electron chi connectivity index (χ0n) is 15.9. The Morgan fingerprint density at radius 3 is 2.16 bits per heavy atom. The SMILES string of the molecule is C[Si](C)(C)/C=C(\c1ccccc1)[Si](C)(C)c1cccc2cccnc12. The van der Waals surface area contributed by atoms with Gasteiger partial charge >= 0.3 is 0 Å². The minimum Gasteiger partial charge on any atom is -0.256 e. The van der Waals surface area contributed by atoms with Gasteiger partial charge in [-0.25, -0.2) is 0 Å². The summed E-state index contributed by atoms with van der Waals surface area (Å²) < 4.78 is 0. The highest BCUT2D eigenvalue weighted by Gasteiger charge is 2.32. The lowest BCUT2D eigenvalue weighted by atomic mass is 10.2. The summed E-state index contributed by atoms with van der Waals surface area (Å²) in [7, 11) is -3.25. The van der Waals surface area contributed by atoms with Crippen molar-refractivity contribution in [1.29, 1.82) is 0 Å². The molecule has 2 aromatic carbocycles. The Bertz CT molecular complexity index is 901. The summed E-state index contributed by atoms with van der Waals surface area (Å²) in [6.07, 6.45) is 1.92. The minimum absolute atomic E-state index is 1.17. The molecule has 0 amide bonds. The van der Waals surface area contributed by atoms with Crippen molar-refractivity contribution < 1.29 is 0 Å². The number of nitrogens with zero attached hydrogens (tertiary/aromatic N) is 1. The van der Waals surface area contributed by atoms with Crippen LogP contribution in [0.5, 0.6) is 0 Å². The van der Waals surface area contributed by atoms with Crippen LogP contribution in [0.25, 0.3) is 16.1 Å². The maximum absolute atomic E-state index is 4.74. The fourth-order valence-electron chi connectivity index (χ4n) is 3.43. The van der Waals surface area contributed by atoms with Crippen LogP contribution >= 0.6 is 0 Å². The van der Waals surface area contributed by atoms with Gasteiger partial charge in [0, 0.05) is 11.6 Å². The van der Waals surface area contributed by atoms with E-state index in [0.29, 0.717) is 0 Å². The van der Waals surface area contributed by atoms with E-state index in [1.165, 1.54) is 21.7 Å². The second kappa shape index (κ2) is 6.73. The van der Waals surface area contributed by atoms with E-state index < -0.39 is 16.1 Å².